The molecule has 1 heterocycles. The van der Waals surface area contributed by atoms with Gasteiger partial charge in [-0.25, -0.2) is 0 Å². The van der Waals surface area contributed by atoms with E-state index in [9.17, 15) is 4.79 Å². The Hall–Kier alpha value is -0.320. The molecular formula is C11H17NOS2. The highest BCUT2D eigenvalue weighted by atomic mass is 32.2. The number of carbonyl (C=O) groups is 1. The van der Waals surface area contributed by atoms with E-state index in [0.717, 1.165) is 17.2 Å². The molecule has 0 aliphatic heterocycles. The van der Waals surface area contributed by atoms with Crippen LogP contribution in [0.15, 0.2) is 12.1 Å². The first-order valence-corrected chi connectivity index (χ1v) is 6.89. The molecule has 84 valence electrons. The van der Waals surface area contributed by atoms with Crippen LogP contribution in [0.2, 0.25) is 0 Å². The molecule has 0 unspecified atom stereocenters. The molecular weight excluding hydrogens is 226 g/mol. The Bertz CT molecular complexity index is 320. The normalized spacial score (nSPS) is 10.9. The van der Waals surface area contributed by atoms with Gasteiger partial charge >= 0.3 is 0 Å². The number of rotatable bonds is 6. The fourth-order valence-corrected chi connectivity index (χ4v) is 2.94. The highest BCUT2D eigenvalue weighted by molar-refractivity contribution is 8.00. The van der Waals surface area contributed by atoms with Gasteiger partial charge in [0.15, 0.2) is 5.78 Å². The summed E-state index contributed by atoms with van der Waals surface area (Å²) in [5.74, 6) is 1.88. The molecule has 0 aromatic carbocycles. The first kappa shape index (κ1) is 12.7. The molecule has 0 saturated carbocycles. The van der Waals surface area contributed by atoms with Gasteiger partial charge in [-0.2, -0.15) is 11.8 Å². The van der Waals surface area contributed by atoms with Crippen molar-refractivity contribution in [3.63, 3.8) is 0 Å². The van der Waals surface area contributed by atoms with E-state index in [-0.39, 0.29) is 5.78 Å². The first-order chi connectivity index (χ1) is 7.09. The predicted octanol–water partition coefficient (Wildman–Crippen LogP) is 2.53. The lowest BCUT2D eigenvalue weighted by Crippen LogP contribution is -2.15. The molecule has 2 nitrogen and oxygen atoms in total. The number of hydrogen-bond acceptors (Lipinski definition) is 4. The number of ketones is 1. The van der Waals surface area contributed by atoms with Crippen LogP contribution >= 0.6 is 23.1 Å². The van der Waals surface area contributed by atoms with Crippen molar-refractivity contribution in [1.29, 1.82) is 0 Å². The van der Waals surface area contributed by atoms with Crippen molar-refractivity contribution in [3.05, 3.63) is 21.9 Å². The van der Waals surface area contributed by atoms with Gasteiger partial charge in [0.05, 0.1) is 10.6 Å². The summed E-state index contributed by atoms with van der Waals surface area (Å²) in [7, 11) is 4.09. The van der Waals surface area contributed by atoms with E-state index < -0.39 is 0 Å². The van der Waals surface area contributed by atoms with Crippen molar-refractivity contribution in [2.24, 2.45) is 0 Å². The number of nitrogens with zero attached hydrogens (tertiary/aromatic N) is 1. The predicted molar refractivity (Wildman–Crippen MR) is 69.3 cm³/mol. The summed E-state index contributed by atoms with van der Waals surface area (Å²) < 4.78 is 0. The van der Waals surface area contributed by atoms with Crippen LogP contribution in [-0.4, -0.2) is 42.8 Å². The van der Waals surface area contributed by atoms with Crippen molar-refractivity contribution in [2.45, 2.75) is 6.92 Å². The first-order valence-electron chi connectivity index (χ1n) is 4.91. The quantitative estimate of drug-likeness (QED) is 0.566. The summed E-state index contributed by atoms with van der Waals surface area (Å²) in [4.78, 5) is 15.9. The summed E-state index contributed by atoms with van der Waals surface area (Å²) in [5.41, 5.74) is 0. The molecule has 0 aliphatic rings. The molecule has 0 N–H and O–H groups in total. The van der Waals surface area contributed by atoms with E-state index in [2.05, 4.69) is 4.90 Å². The largest absolute Gasteiger partial charge is 0.309 e. The molecule has 0 atom stereocenters. The lowest BCUT2D eigenvalue weighted by Gasteiger charge is -2.07. The summed E-state index contributed by atoms with van der Waals surface area (Å²) >= 11 is 3.30. The van der Waals surface area contributed by atoms with E-state index in [1.165, 1.54) is 4.88 Å². The van der Waals surface area contributed by atoms with Crippen LogP contribution < -0.4 is 0 Å². The maximum absolute atomic E-state index is 11.7. The number of carbonyl (C=O) groups excluding carboxylic acids is 1. The maximum Gasteiger partial charge on any atom is 0.182 e. The summed E-state index contributed by atoms with van der Waals surface area (Å²) in [6.45, 7) is 3.06. The Morgan fingerprint density at radius 3 is 2.73 bits per heavy atom. The highest BCUT2D eigenvalue weighted by Gasteiger charge is 2.07. The van der Waals surface area contributed by atoms with Gasteiger partial charge in [0, 0.05) is 17.2 Å². The number of Topliss-reactive ketones (excluding diaryl/α,β-unsaturated/α-hetero) is 1. The maximum atomic E-state index is 11.7. The van der Waals surface area contributed by atoms with Gasteiger partial charge in [-0.1, -0.05) is 0 Å². The smallest absolute Gasteiger partial charge is 0.182 e. The zero-order chi connectivity index (χ0) is 11.3. The average Bonchev–Trinajstić information content (AvgIpc) is 2.59. The minimum absolute atomic E-state index is 0.261. The van der Waals surface area contributed by atoms with Crippen LogP contribution in [0, 0.1) is 6.92 Å². The second-order valence-corrected chi connectivity index (χ2v) is 6.08. The van der Waals surface area contributed by atoms with Crippen molar-refractivity contribution in [2.75, 3.05) is 32.1 Å². The summed E-state index contributed by atoms with van der Waals surface area (Å²) in [6, 6.07) is 3.93. The molecule has 1 aromatic rings. The van der Waals surface area contributed by atoms with Crippen molar-refractivity contribution >= 4 is 28.9 Å². The van der Waals surface area contributed by atoms with Crippen molar-refractivity contribution < 1.29 is 4.79 Å². The van der Waals surface area contributed by atoms with Crippen LogP contribution in [0.5, 0.6) is 0 Å². The lowest BCUT2D eigenvalue weighted by atomic mass is 10.3. The van der Waals surface area contributed by atoms with E-state index in [4.69, 9.17) is 0 Å². The standard InChI is InChI=1S/C11H17NOS2/c1-9-4-5-11(15-9)10(13)8-14-7-6-12(2)3/h4-5H,6-8H2,1-3H3. The number of thioether (sulfide) groups is 1. The third kappa shape index (κ3) is 4.82. The molecule has 15 heavy (non-hydrogen) atoms. The van der Waals surface area contributed by atoms with Crippen LogP contribution in [0.1, 0.15) is 14.5 Å². The molecule has 1 rings (SSSR count). The van der Waals surface area contributed by atoms with Crippen LogP contribution in [0.4, 0.5) is 0 Å². The van der Waals surface area contributed by atoms with Crippen molar-refractivity contribution in [1.82, 2.24) is 4.90 Å². The van der Waals surface area contributed by atoms with E-state index >= 15 is 0 Å². The van der Waals surface area contributed by atoms with Crippen molar-refractivity contribution in [3.8, 4) is 0 Å². The minimum atomic E-state index is 0.261. The molecule has 0 amide bonds. The number of hydrogen-bond donors (Lipinski definition) is 0. The zero-order valence-electron chi connectivity index (χ0n) is 9.45. The molecule has 0 spiro atoms. The van der Waals surface area contributed by atoms with Gasteiger partial charge in [0.2, 0.25) is 0 Å². The zero-order valence-corrected chi connectivity index (χ0v) is 11.1. The van der Waals surface area contributed by atoms with Crippen LogP contribution in [-0.2, 0) is 0 Å². The fraction of sp³-hybridized carbons (Fsp3) is 0.545. The van der Waals surface area contributed by atoms with Gasteiger partial charge in [-0.05, 0) is 33.2 Å². The Balaban J connectivity index is 2.25. The SMILES string of the molecule is Cc1ccc(C(=O)CSCCN(C)C)s1. The van der Waals surface area contributed by atoms with Gasteiger partial charge < -0.3 is 4.90 Å². The average molecular weight is 243 g/mol. The van der Waals surface area contributed by atoms with Crippen LogP contribution in [0.3, 0.4) is 0 Å². The van der Waals surface area contributed by atoms with Crippen LogP contribution in [0.25, 0.3) is 0 Å². The number of aryl methyl sites for hydroxylation is 1. The molecule has 0 radical (unpaired) electrons. The van der Waals surface area contributed by atoms with Gasteiger partial charge in [0.25, 0.3) is 0 Å². The monoisotopic (exact) mass is 243 g/mol. The third-order valence-electron chi connectivity index (χ3n) is 1.93. The Morgan fingerprint density at radius 2 is 2.20 bits per heavy atom. The number of thiophene rings is 1. The minimum Gasteiger partial charge on any atom is -0.309 e. The molecule has 0 bridgehead atoms. The van der Waals surface area contributed by atoms with E-state index in [1.54, 1.807) is 23.1 Å². The van der Waals surface area contributed by atoms with E-state index in [1.807, 2.05) is 33.2 Å². The fourth-order valence-electron chi connectivity index (χ4n) is 1.07. The second kappa shape index (κ2) is 6.30. The van der Waals surface area contributed by atoms with Gasteiger partial charge in [-0.3, -0.25) is 4.79 Å². The van der Waals surface area contributed by atoms with Gasteiger partial charge in [0.1, 0.15) is 0 Å². The molecule has 1 aromatic heterocycles. The molecule has 0 saturated heterocycles. The molecule has 4 heteroatoms. The lowest BCUT2D eigenvalue weighted by molar-refractivity contribution is 0.102. The van der Waals surface area contributed by atoms with E-state index in [0.29, 0.717) is 5.75 Å². The Labute approximate surface area is 99.7 Å². The van der Waals surface area contributed by atoms with Gasteiger partial charge in [-0.15, -0.1) is 11.3 Å². The third-order valence-corrected chi connectivity index (χ3v) is 3.91. The highest BCUT2D eigenvalue weighted by Crippen LogP contribution is 2.17. The topological polar surface area (TPSA) is 20.3 Å². The molecule has 0 fully saturated rings. The summed E-state index contributed by atoms with van der Waals surface area (Å²) in [5, 5.41) is 0. The molecule has 0 aliphatic carbocycles. The summed E-state index contributed by atoms with van der Waals surface area (Å²) in [6.07, 6.45) is 0. The Morgan fingerprint density at radius 1 is 1.47 bits per heavy atom. The Kier molecular flexibility index (Phi) is 5.36. The second-order valence-electron chi connectivity index (χ2n) is 3.69.